The van der Waals surface area contributed by atoms with E-state index in [0.717, 1.165) is 13.1 Å². The van der Waals surface area contributed by atoms with Gasteiger partial charge in [0.1, 0.15) is 0 Å². The normalized spacial score (nSPS) is 18.3. The second-order valence-corrected chi connectivity index (χ2v) is 5.53. The van der Waals surface area contributed by atoms with E-state index in [1.165, 1.54) is 25.7 Å². The Kier molecular flexibility index (Phi) is 4.12. The van der Waals surface area contributed by atoms with Crippen molar-refractivity contribution in [2.75, 3.05) is 13.1 Å². The summed E-state index contributed by atoms with van der Waals surface area (Å²) < 4.78 is 0. The minimum Gasteiger partial charge on any atom is -0.292 e. The van der Waals surface area contributed by atoms with Crippen LogP contribution in [0.2, 0.25) is 0 Å². The predicted octanol–water partition coefficient (Wildman–Crippen LogP) is 2.92. The van der Waals surface area contributed by atoms with Crippen molar-refractivity contribution < 1.29 is 4.79 Å². The van der Waals surface area contributed by atoms with E-state index in [-0.39, 0.29) is 5.78 Å². The van der Waals surface area contributed by atoms with Crippen molar-refractivity contribution in [3.05, 3.63) is 30.1 Å². The molecule has 18 heavy (non-hydrogen) atoms. The highest BCUT2D eigenvalue weighted by atomic mass is 16.1. The van der Waals surface area contributed by atoms with Crippen molar-refractivity contribution in [1.29, 1.82) is 0 Å². The Morgan fingerprint density at radius 1 is 1.22 bits per heavy atom. The number of aromatic nitrogens is 1. The summed E-state index contributed by atoms with van der Waals surface area (Å²) in [5.41, 5.74) is 0.291. The summed E-state index contributed by atoms with van der Waals surface area (Å²) in [5, 5.41) is 0. The van der Waals surface area contributed by atoms with Crippen LogP contribution >= 0.6 is 0 Å². The summed E-state index contributed by atoms with van der Waals surface area (Å²) in [4.78, 5) is 19.0. The first kappa shape index (κ1) is 13.2. The smallest absolute Gasteiger partial charge is 0.184 e. The van der Waals surface area contributed by atoms with Crippen LogP contribution in [0.3, 0.4) is 0 Å². The van der Waals surface area contributed by atoms with Gasteiger partial charge in [-0.1, -0.05) is 12.8 Å². The van der Waals surface area contributed by atoms with E-state index in [0.29, 0.717) is 5.56 Å². The third-order valence-electron chi connectivity index (χ3n) is 3.88. The maximum atomic E-state index is 12.6. The Balaban J connectivity index is 2.16. The molecule has 0 saturated carbocycles. The molecule has 0 unspecified atom stereocenters. The second kappa shape index (κ2) is 5.61. The molecule has 0 aromatic carbocycles. The van der Waals surface area contributed by atoms with E-state index >= 15 is 0 Å². The maximum Gasteiger partial charge on any atom is 0.184 e. The van der Waals surface area contributed by atoms with E-state index < -0.39 is 5.54 Å². The minimum atomic E-state index is -0.423. The SMILES string of the molecule is CC(C)(C(=O)c1cccnc1)N1CCCCCC1. The van der Waals surface area contributed by atoms with Crippen LogP contribution < -0.4 is 0 Å². The number of carbonyl (C=O) groups excluding carboxylic acids is 1. The van der Waals surface area contributed by atoms with Gasteiger partial charge in [0.05, 0.1) is 5.54 Å². The number of likely N-dealkylation sites (tertiary alicyclic amines) is 1. The van der Waals surface area contributed by atoms with Crippen molar-refractivity contribution in [3.8, 4) is 0 Å². The minimum absolute atomic E-state index is 0.178. The van der Waals surface area contributed by atoms with Gasteiger partial charge in [0.2, 0.25) is 0 Å². The number of nitrogens with zero attached hydrogens (tertiary/aromatic N) is 2. The number of hydrogen-bond donors (Lipinski definition) is 0. The van der Waals surface area contributed by atoms with Crippen LogP contribution in [0.4, 0.5) is 0 Å². The number of hydrogen-bond acceptors (Lipinski definition) is 3. The molecular formula is C15H22N2O. The van der Waals surface area contributed by atoms with Crippen molar-refractivity contribution in [2.45, 2.75) is 45.1 Å². The molecule has 2 rings (SSSR count). The fraction of sp³-hybridized carbons (Fsp3) is 0.600. The van der Waals surface area contributed by atoms with Crippen LogP contribution in [0.5, 0.6) is 0 Å². The predicted molar refractivity (Wildman–Crippen MR) is 72.7 cm³/mol. The van der Waals surface area contributed by atoms with E-state index in [4.69, 9.17) is 0 Å². The molecule has 0 bridgehead atoms. The molecule has 0 atom stereocenters. The van der Waals surface area contributed by atoms with Crippen LogP contribution in [0.15, 0.2) is 24.5 Å². The molecule has 1 aromatic rings. The summed E-state index contributed by atoms with van der Waals surface area (Å²) >= 11 is 0. The number of ketones is 1. The Bertz CT molecular complexity index is 392. The van der Waals surface area contributed by atoms with Crippen molar-refractivity contribution in [2.24, 2.45) is 0 Å². The van der Waals surface area contributed by atoms with Crippen LogP contribution in [0, 0.1) is 0 Å². The van der Waals surface area contributed by atoms with Gasteiger partial charge < -0.3 is 0 Å². The van der Waals surface area contributed by atoms with Gasteiger partial charge in [-0.3, -0.25) is 14.7 Å². The topological polar surface area (TPSA) is 33.2 Å². The molecule has 1 aromatic heterocycles. The van der Waals surface area contributed by atoms with Gasteiger partial charge in [-0.15, -0.1) is 0 Å². The monoisotopic (exact) mass is 246 g/mol. The van der Waals surface area contributed by atoms with Gasteiger partial charge in [-0.25, -0.2) is 0 Å². The lowest BCUT2D eigenvalue weighted by atomic mass is 9.92. The van der Waals surface area contributed by atoms with Gasteiger partial charge in [-0.05, 0) is 51.9 Å². The molecule has 1 aliphatic rings. The second-order valence-electron chi connectivity index (χ2n) is 5.53. The van der Waals surface area contributed by atoms with Gasteiger partial charge in [0.15, 0.2) is 5.78 Å². The Morgan fingerprint density at radius 2 is 1.89 bits per heavy atom. The first-order valence-electron chi connectivity index (χ1n) is 6.82. The quantitative estimate of drug-likeness (QED) is 0.769. The molecule has 0 radical (unpaired) electrons. The van der Waals surface area contributed by atoms with E-state index in [1.807, 2.05) is 26.0 Å². The first-order chi connectivity index (χ1) is 8.62. The van der Waals surface area contributed by atoms with Gasteiger partial charge >= 0.3 is 0 Å². The molecular weight excluding hydrogens is 224 g/mol. The van der Waals surface area contributed by atoms with Crippen LogP contribution in [0.1, 0.15) is 49.9 Å². The zero-order valence-electron chi connectivity index (χ0n) is 11.4. The summed E-state index contributed by atoms with van der Waals surface area (Å²) in [5.74, 6) is 0.178. The third-order valence-corrected chi connectivity index (χ3v) is 3.88. The standard InChI is InChI=1S/C15H22N2O/c1-15(2,17-10-5-3-4-6-11-17)14(18)13-8-7-9-16-12-13/h7-9,12H,3-6,10-11H2,1-2H3. The molecule has 3 nitrogen and oxygen atoms in total. The average molecular weight is 246 g/mol. The Morgan fingerprint density at radius 3 is 2.44 bits per heavy atom. The number of rotatable bonds is 3. The van der Waals surface area contributed by atoms with Crippen molar-refractivity contribution in [1.82, 2.24) is 9.88 Å². The highest BCUT2D eigenvalue weighted by molar-refractivity contribution is 6.02. The highest BCUT2D eigenvalue weighted by Crippen LogP contribution is 2.23. The zero-order valence-corrected chi connectivity index (χ0v) is 11.4. The van der Waals surface area contributed by atoms with E-state index in [9.17, 15) is 4.79 Å². The lowest BCUT2D eigenvalue weighted by Crippen LogP contribution is -2.50. The van der Waals surface area contributed by atoms with Gasteiger partial charge in [0, 0.05) is 18.0 Å². The fourth-order valence-corrected chi connectivity index (χ4v) is 2.62. The first-order valence-corrected chi connectivity index (χ1v) is 6.82. The van der Waals surface area contributed by atoms with Gasteiger partial charge in [0.25, 0.3) is 0 Å². The number of Topliss-reactive ketones (excluding diaryl/α,β-unsaturated/α-hetero) is 1. The molecule has 98 valence electrons. The van der Waals surface area contributed by atoms with Crippen LogP contribution in [-0.4, -0.2) is 34.3 Å². The summed E-state index contributed by atoms with van der Waals surface area (Å²) in [6.07, 6.45) is 8.34. The largest absolute Gasteiger partial charge is 0.292 e. The third kappa shape index (κ3) is 2.78. The molecule has 1 saturated heterocycles. The molecule has 0 aliphatic carbocycles. The van der Waals surface area contributed by atoms with Crippen molar-refractivity contribution >= 4 is 5.78 Å². The summed E-state index contributed by atoms with van der Waals surface area (Å²) in [6, 6.07) is 3.68. The summed E-state index contributed by atoms with van der Waals surface area (Å²) in [6.45, 7) is 6.12. The van der Waals surface area contributed by atoms with Crippen LogP contribution in [0.25, 0.3) is 0 Å². The Labute approximate surface area is 109 Å². The van der Waals surface area contributed by atoms with E-state index in [2.05, 4.69) is 9.88 Å². The fourth-order valence-electron chi connectivity index (χ4n) is 2.62. The molecule has 0 spiro atoms. The number of carbonyl (C=O) groups is 1. The average Bonchev–Trinajstić information content (AvgIpc) is 2.68. The highest BCUT2D eigenvalue weighted by Gasteiger charge is 2.35. The Hall–Kier alpha value is -1.22. The van der Waals surface area contributed by atoms with Gasteiger partial charge in [-0.2, -0.15) is 0 Å². The molecule has 2 heterocycles. The number of pyridine rings is 1. The zero-order chi connectivity index (χ0) is 13.0. The van der Waals surface area contributed by atoms with Crippen molar-refractivity contribution in [3.63, 3.8) is 0 Å². The molecule has 1 fully saturated rings. The summed E-state index contributed by atoms with van der Waals surface area (Å²) in [7, 11) is 0. The molecule has 0 N–H and O–H groups in total. The maximum absolute atomic E-state index is 12.6. The lowest BCUT2D eigenvalue weighted by molar-refractivity contribution is 0.0649. The molecule has 3 heteroatoms. The van der Waals surface area contributed by atoms with Crippen LogP contribution in [-0.2, 0) is 0 Å². The lowest BCUT2D eigenvalue weighted by Gasteiger charge is -2.36. The van der Waals surface area contributed by atoms with E-state index in [1.54, 1.807) is 12.4 Å². The molecule has 1 aliphatic heterocycles. The molecule has 0 amide bonds.